The van der Waals surface area contributed by atoms with E-state index in [1.165, 1.54) is 0 Å². The second-order valence-corrected chi connectivity index (χ2v) is 3.85. The molecule has 1 aromatic carbocycles. The molecule has 0 fully saturated rings. The Bertz CT molecular complexity index is 505. The lowest BCUT2D eigenvalue weighted by atomic mass is 10.1. The first-order valence-corrected chi connectivity index (χ1v) is 5.56. The average molecular weight is 231 g/mol. The lowest BCUT2D eigenvalue weighted by Crippen LogP contribution is -2.10. The fraction of sp³-hybridized carbons (Fsp3) is 0.308. The van der Waals surface area contributed by atoms with Crippen LogP contribution in [0.4, 0.5) is 0 Å². The summed E-state index contributed by atoms with van der Waals surface area (Å²) >= 11 is 0. The number of imidazole rings is 1. The van der Waals surface area contributed by atoms with Gasteiger partial charge in [0, 0.05) is 12.6 Å². The van der Waals surface area contributed by atoms with Crippen molar-refractivity contribution >= 4 is 0 Å². The zero-order chi connectivity index (χ0) is 12.3. The maximum atomic E-state index is 5.37. The highest BCUT2D eigenvalue weighted by atomic mass is 16.5. The monoisotopic (exact) mass is 231 g/mol. The van der Waals surface area contributed by atoms with Crippen LogP contribution in [0.3, 0.4) is 0 Å². The number of hydrogen-bond donors (Lipinski definition) is 1. The number of aromatic nitrogens is 2. The number of rotatable bonds is 4. The lowest BCUT2D eigenvalue weighted by Gasteiger charge is -2.09. The summed E-state index contributed by atoms with van der Waals surface area (Å²) in [5.41, 5.74) is 2.13. The Kier molecular flexibility index (Phi) is 3.44. The first-order chi connectivity index (χ1) is 8.27. The molecule has 4 heteroatoms. The summed E-state index contributed by atoms with van der Waals surface area (Å²) in [6, 6.07) is 7.97. The van der Waals surface area contributed by atoms with E-state index in [0.717, 1.165) is 29.4 Å². The van der Waals surface area contributed by atoms with Crippen molar-refractivity contribution in [3.63, 3.8) is 0 Å². The van der Waals surface area contributed by atoms with Crippen molar-refractivity contribution < 1.29 is 4.74 Å². The SMILES string of the molecule is CNCc1ncc(-c2ccccc2OC)n1C. The van der Waals surface area contributed by atoms with E-state index in [4.69, 9.17) is 4.74 Å². The van der Waals surface area contributed by atoms with Gasteiger partial charge >= 0.3 is 0 Å². The molecule has 0 amide bonds. The zero-order valence-corrected chi connectivity index (χ0v) is 10.4. The Morgan fingerprint density at radius 1 is 1.35 bits per heavy atom. The molecule has 2 aromatic rings. The normalized spacial score (nSPS) is 10.5. The first-order valence-electron chi connectivity index (χ1n) is 5.56. The molecule has 0 saturated carbocycles. The van der Waals surface area contributed by atoms with Crippen molar-refractivity contribution in [2.45, 2.75) is 6.54 Å². The van der Waals surface area contributed by atoms with Crippen LogP contribution < -0.4 is 10.1 Å². The second-order valence-electron chi connectivity index (χ2n) is 3.85. The van der Waals surface area contributed by atoms with E-state index in [2.05, 4.69) is 14.9 Å². The smallest absolute Gasteiger partial charge is 0.128 e. The molecule has 2 rings (SSSR count). The van der Waals surface area contributed by atoms with E-state index < -0.39 is 0 Å². The van der Waals surface area contributed by atoms with E-state index in [9.17, 15) is 0 Å². The van der Waals surface area contributed by atoms with Gasteiger partial charge in [-0.3, -0.25) is 0 Å². The fourth-order valence-corrected chi connectivity index (χ4v) is 1.88. The molecule has 1 heterocycles. The molecule has 0 atom stereocenters. The van der Waals surface area contributed by atoms with E-state index in [1.807, 2.05) is 44.6 Å². The first kappa shape index (κ1) is 11.7. The van der Waals surface area contributed by atoms with E-state index >= 15 is 0 Å². The molecule has 0 aliphatic heterocycles. The molecule has 1 aromatic heterocycles. The van der Waals surface area contributed by atoms with Crippen LogP contribution >= 0.6 is 0 Å². The van der Waals surface area contributed by atoms with Crippen LogP contribution in [0.25, 0.3) is 11.3 Å². The standard InChI is InChI=1S/C13H17N3O/c1-14-9-13-15-8-11(16(13)2)10-6-4-5-7-12(10)17-3/h4-8,14H,9H2,1-3H3. The van der Waals surface area contributed by atoms with Crippen molar-refractivity contribution in [1.29, 1.82) is 0 Å². The number of ether oxygens (including phenoxy) is 1. The number of hydrogen-bond acceptors (Lipinski definition) is 3. The molecule has 0 bridgehead atoms. The number of nitrogens with one attached hydrogen (secondary N) is 1. The van der Waals surface area contributed by atoms with Gasteiger partial charge in [-0.2, -0.15) is 0 Å². The van der Waals surface area contributed by atoms with Gasteiger partial charge < -0.3 is 14.6 Å². The minimum Gasteiger partial charge on any atom is -0.496 e. The molecule has 90 valence electrons. The highest BCUT2D eigenvalue weighted by molar-refractivity contribution is 5.67. The number of methoxy groups -OCH3 is 1. The quantitative estimate of drug-likeness (QED) is 0.872. The van der Waals surface area contributed by atoms with E-state index in [1.54, 1.807) is 7.11 Å². The van der Waals surface area contributed by atoms with Gasteiger partial charge in [0.05, 0.1) is 25.5 Å². The van der Waals surface area contributed by atoms with Crippen molar-refractivity contribution in [3.8, 4) is 17.0 Å². The van der Waals surface area contributed by atoms with E-state index in [-0.39, 0.29) is 0 Å². The van der Waals surface area contributed by atoms with Gasteiger partial charge in [-0.05, 0) is 19.2 Å². The molecule has 0 radical (unpaired) electrons. The number of nitrogens with zero attached hydrogens (tertiary/aromatic N) is 2. The highest BCUT2D eigenvalue weighted by Crippen LogP contribution is 2.29. The third-order valence-corrected chi connectivity index (χ3v) is 2.80. The van der Waals surface area contributed by atoms with Gasteiger partial charge in [-0.1, -0.05) is 12.1 Å². The highest BCUT2D eigenvalue weighted by Gasteiger charge is 2.11. The van der Waals surface area contributed by atoms with Gasteiger partial charge in [0.1, 0.15) is 11.6 Å². The van der Waals surface area contributed by atoms with Gasteiger partial charge in [-0.15, -0.1) is 0 Å². The van der Waals surface area contributed by atoms with Crippen LogP contribution in [-0.2, 0) is 13.6 Å². The van der Waals surface area contributed by atoms with Crippen LogP contribution in [0.1, 0.15) is 5.82 Å². The molecule has 17 heavy (non-hydrogen) atoms. The largest absolute Gasteiger partial charge is 0.496 e. The second kappa shape index (κ2) is 5.01. The van der Waals surface area contributed by atoms with Gasteiger partial charge in [0.25, 0.3) is 0 Å². The molecule has 0 saturated heterocycles. The Labute approximate surface area is 101 Å². The third kappa shape index (κ3) is 2.17. The van der Waals surface area contributed by atoms with Crippen molar-refractivity contribution in [3.05, 3.63) is 36.3 Å². The summed E-state index contributed by atoms with van der Waals surface area (Å²) in [5.74, 6) is 1.87. The predicted molar refractivity (Wildman–Crippen MR) is 68.0 cm³/mol. The fourth-order valence-electron chi connectivity index (χ4n) is 1.88. The Hall–Kier alpha value is -1.81. The summed E-state index contributed by atoms with van der Waals surface area (Å²) in [6.45, 7) is 0.756. The molecule has 1 N–H and O–H groups in total. The molecular formula is C13H17N3O. The molecule has 0 aliphatic carbocycles. The lowest BCUT2D eigenvalue weighted by molar-refractivity contribution is 0.416. The van der Waals surface area contributed by atoms with Gasteiger partial charge in [0.2, 0.25) is 0 Å². The molecule has 0 spiro atoms. The summed E-state index contributed by atoms with van der Waals surface area (Å²) in [7, 11) is 5.61. The van der Waals surface area contributed by atoms with E-state index in [0.29, 0.717) is 0 Å². The minimum absolute atomic E-state index is 0.756. The third-order valence-electron chi connectivity index (χ3n) is 2.80. The van der Waals surface area contributed by atoms with Crippen LogP contribution in [0.2, 0.25) is 0 Å². The van der Waals surface area contributed by atoms with Crippen LogP contribution in [0.15, 0.2) is 30.5 Å². The predicted octanol–water partition coefficient (Wildman–Crippen LogP) is 1.82. The Morgan fingerprint density at radius 3 is 2.82 bits per heavy atom. The maximum absolute atomic E-state index is 5.37. The molecule has 0 unspecified atom stereocenters. The molecule has 4 nitrogen and oxygen atoms in total. The Morgan fingerprint density at radius 2 is 2.12 bits per heavy atom. The molecule has 0 aliphatic rings. The van der Waals surface area contributed by atoms with Crippen molar-refractivity contribution in [2.24, 2.45) is 7.05 Å². The number of benzene rings is 1. The van der Waals surface area contributed by atoms with Crippen molar-refractivity contribution in [1.82, 2.24) is 14.9 Å². The summed E-state index contributed by atoms with van der Waals surface area (Å²) in [4.78, 5) is 4.40. The van der Waals surface area contributed by atoms with Crippen LogP contribution in [0.5, 0.6) is 5.75 Å². The topological polar surface area (TPSA) is 39.1 Å². The van der Waals surface area contributed by atoms with Gasteiger partial charge in [0.15, 0.2) is 0 Å². The van der Waals surface area contributed by atoms with Crippen LogP contribution in [-0.4, -0.2) is 23.7 Å². The summed E-state index contributed by atoms with van der Waals surface area (Å²) in [6.07, 6.45) is 1.88. The zero-order valence-electron chi connectivity index (χ0n) is 10.4. The average Bonchev–Trinajstić information content (AvgIpc) is 2.72. The Balaban J connectivity index is 2.46. The summed E-state index contributed by atoms with van der Waals surface area (Å²) in [5, 5.41) is 3.10. The van der Waals surface area contributed by atoms with Crippen molar-refractivity contribution in [2.75, 3.05) is 14.2 Å². The molecular weight excluding hydrogens is 214 g/mol. The number of para-hydroxylation sites is 1. The maximum Gasteiger partial charge on any atom is 0.128 e. The van der Waals surface area contributed by atoms with Gasteiger partial charge in [-0.25, -0.2) is 4.98 Å². The summed E-state index contributed by atoms with van der Waals surface area (Å²) < 4.78 is 7.44. The minimum atomic E-state index is 0.756. The van der Waals surface area contributed by atoms with Crippen LogP contribution in [0, 0.1) is 0 Å².